The number of methoxy groups -OCH3 is 1. The Kier molecular flexibility index (Phi) is 5.03. The fraction of sp³-hybridized carbons (Fsp3) is 0.786. The predicted octanol–water partition coefficient (Wildman–Crippen LogP) is 3.44. The van der Waals surface area contributed by atoms with Crippen LogP contribution >= 0.6 is 15.9 Å². The van der Waals surface area contributed by atoms with Crippen LogP contribution in [-0.4, -0.2) is 27.6 Å². The summed E-state index contributed by atoms with van der Waals surface area (Å²) in [5.74, 6) is 0. The smallest absolute Gasteiger partial charge is 0.126 e. The third kappa shape index (κ3) is 2.88. The standard InChI is InChI=1S/C14H23BrN2O2/c1-3-17-12(11(15)10-16-17)13(18)14(19-2)8-6-4-5-7-9-14/h10,13,18H,3-9H2,1-2H3. The first-order chi connectivity index (χ1) is 9.14. The molecule has 1 atom stereocenters. The lowest BCUT2D eigenvalue weighted by Gasteiger charge is -2.36. The second-order valence-corrected chi connectivity index (χ2v) is 6.13. The number of aryl methyl sites for hydroxylation is 1. The molecule has 0 bridgehead atoms. The van der Waals surface area contributed by atoms with Crippen molar-refractivity contribution in [2.75, 3.05) is 7.11 Å². The number of aliphatic hydroxyl groups excluding tert-OH is 1. The van der Waals surface area contributed by atoms with Crippen molar-refractivity contribution < 1.29 is 9.84 Å². The zero-order valence-electron chi connectivity index (χ0n) is 11.7. The molecule has 1 unspecified atom stereocenters. The van der Waals surface area contributed by atoms with Gasteiger partial charge in [0.05, 0.1) is 22.0 Å². The molecule has 1 aliphatic carbocycles. The zero-order valence-corrected chi connectivity index (χ0v) is 13.3. The number of hydrogen-bond acceptors (Lipinski definition) is 3. The summed E-state index contributed by atoms with van der Waals surface area (Å²) in [4.78, 5) is 0. The van der Waals surface area contributed by atoms with E-state index < -0.39 is 11.7 Å². The first-order valence-electron chi connectivity index (χ1n) is 7.09. The van der Waals surface area contributed by atoms with Crippen LogP contribution in [0, 0.1) is 0 Å². The molecule has 108 valence electrons. The van der Waals surface area contributed by atoms with Gasteiger partial charge in [0.2, 0.25) is 0 Å². The van der Waals surface area contributed by atoms with E-state index in [4.69, 9.17) is 4.74 Å². The summed E-state index contributed by atoms with van der Waals surface area (Å²) < 4.78 is 8.50. The van der Waals surface area contributed by atoms with Gasteiger partial charge in [-0.2, -0.15) is 5.10 Å². The largest absolute Gasteiger partial charge is 0.384 e. The Bertz CT molecular complexity index is 412. The summed E-state index contributed by atoms with van der Waals surface area (Å²) in [6.45, 7) is 2.78. The van der Waals surface area contributed by atoms with Crippen LogP contribution in [0.3, 0.4) is 0 Å². The summed E-state index contributed by atoms with van der Waals surface area (Å²) >= 11 is 3.50. The van der Waals surface area contributed by atoms with Gasteiger partial charge in [-0.3, -0.25) is 4.68 Å². The Morgan fingerprint density at radius 1 is 1.42 bits per heavy atom. The van der Waals surface area contributed by atoms with Crippen molar-refractivity contribution in [3.63, 3.8) is 0 Å². The quantitative estimate of drug-likeness (QED) is 0.860. The van der Waals surface area contributed by atoms with Gasteiger partial charge in [-0.25, -0.2) is 0 Å². The van der Waals surface area contributed by atoms with Crippen LogP contribution in [0.1, 0.15) is 57.2 Å². The highest BCUT2D eigenvalue weighted by atomic mass is 79.9. The van der Waals surface area contributed by atoms with Crippen molar-refractivity contribution in [3.8, 4) is 0 Å². The molecular weight excluding hydrogens is 308 g/mol. The molecule has 0 amide bonds. The van der Waals surface area contributed by atoms with Crippen molar-refractivity contribution in [2.24, 2.45) is 0 Å². The molecule has 1 saturated carbocycles. The van der Waals surface area contributed by atoms with Gasteiger partial charge in [0.1, 0.15) is 6.10 Å². The first-order valence-corrected chi connectivity index (χ1v) is 7.88. The Labute approximate surface area is 123 Å². The van der Waals surface area contributed by atoms with E-state index in [1.54, 1.807) is 13.3 Å². The SMILES string of the molecule is CCn1ncc(Br)c1C(O)C1(OC)CCCCCC1. The van der Waals surface area contributed by atoms with Crippen molar-refractivity contribution in [1.29, 1.82) is 0 Å². The maximum Gasteiger partial charge on any atom is 0.126 e. The summed E-state index contributed by atoms with van der Waals surface area (Å²) in [6.07, 6.45) is 7.62. The molecule has 0 radical (unpaired) electrons. The summed E-state index contributed by atoms with van der Waals surface area (Å²) in [5.41, 5.74) is 0.373. The molecule has 2 rings (SSSR count). The lowest BCUT2D eigenvalue weighted by atomic mass is 9.86. The second kappa shape index (κ2) is 6.37. The van der Waals surface area contributed by atoms with Gasteiger partial charge in [0.15, 0.2) is 0 Å². The van der Waals surface area contributed by atoms with Crippen molar-refractivity contribution in [1.82, 2.24) is 9.78 Å². The molecule has 0 spiro atoms. The summed E-state index contributed by atoms with van der Waals surface area (Å²) in [7, 11) is 1.72. The molecule has 5 heteroatoms. The molecular formula is C14H23BrN2O2. The van der Waals surface area contributed by atoms with Crippen LogP contribution in [-0.2, 0) is 11.3 Å². The number of hydrogen-bond donors (Lipinski definition) is 1. The van der Waals surface area contributed by atoms with Gasteiger partial charge in [-0.05, 0) is 35.7 Å². The average Bonchev–Trinajstić information content (AvgIpc) is 2.65. The normalized spacial score (nSPS) is 21.1. The minimum absolute atomic E-state index is 0.466. The number of rotatable bonds is 4. The number of halogens is 1. The maximum atomic E-state index is 10.9. The van der Waals surface area contributed by atoms with E-state index in [0.717, 1.165) is 42.4 Å². The molecule has 19 heavy (non-hydrogen) atoms. The van der Waals surface area contributed by atoms with Crippen LogP contribution in [0.4, 0.5) is 0 Å². The van der Waals surface area contributed by atoms with Crippen molar-refractivity contribution >= 4 is 15.9 Å². The van der Waals surface area contributed by atoms with Gasteiger partial charge in [0.25, 0.3) is 0 Å². The first kappa shape index (κ1) is 15.0. The molecule has 1 heterocycles. The van der Waals surface area contributed by atoms with E-state index in [-0.39, 0.29) is 0 Å². The lowest BCUT2D eigenvalue weighted by molar-refractivity contribution is -0.117. The van der Waals surface area contributed by atoms with E-state index in [1.807, 2.05) is 11.6 Å². The minimum Gasteiger partial charge on any atom is -0.384 e. The van der Waals surface area contributed by atoms with Crippen molar-refractivity contribution in [2.45, 2.75) is 63.7 Å². The molecule has 0 aromatic carbocycles. The fourth-order valence-corrected chi connectivity index (χ4v) is 3.57. The van der Waals surface area contributed by atoms with E-state index in [0.29, 0.717) is 0 Å². The zero-order chi connectivity index (χ0) is 13.9. The third-order valence-electron chi connectivity index (χ3n) is 4.25. The Hall–Kier alpha value is -0.390. The molecule has 4 nitrogen and oxygen atoms in total. The Morgan fingerprint density at radius 3 is 2.58 bits per heavy atom. The second-order valence-electron chi connectivity index (χ2n) is 5.28. The summed E-state index contributed by atoms with van der Waals surface area (Å²) in [5, 5.41) is 15.2. The lowest BCUT2D eigenvalue weighted by Crippen LogP contribution is -2.39. The fourth-order valence-electron chi connectivity index (χ4n) is 3.06. The van der Waals surface area contributed by atoms with Gasteiger partial charge in [0, 0.05) is 13.7 Å². The molecule has 0 saturated heterocycles. The Morgan fingerprint density at radius 2 is 2.05 bits per heavy atom. The van der Waals surface area contributed by atoms with Crippen molar-refractivity contribution in [3.05, 3.63) is 16.4 Å². The molecule has 1 fully saturated rings. The average molecular weight is 331 g/mol. The third-order valence-corrected chi connectivity index (χ3v) is 4.86. The molecule has 1 aliphatic rings. The molecule has 0 aliphatic heterocycles. The van der Waals surface area contributed by atoms with Crippen LogP contribution in [0.25, 0.3) is 0 Å². The Balaban J connectivity index is 2.33. The van der Waals surface area contributed by atoms with Gasteiger partial charge in [-0.1, -0.05) is 25.7 Å². The highest BCUT2D eigenvalue weighted by molar-refractivity contribution is 9.10. The van der Waals surface area contributed by atoms with Crippen LogP contribution in [0.5, 0.6) is 0 Å². The highest BCUT2D eigenvalue weighted by Crippen LogP contribution is 2.41. The van der Waals surface area contributed by atoms with Crippen LogP contribution in [0.2, 0.25) is 0 Å². The van der Waals surface area contributed by atoms with E-state index in [2.05, 4.69) is 21.0 Å². The number of aromatic nitrogens is 2. The monoisotopic (exact) mass is 330 g/mol. The topological polar surface area (TPSA) is 47.3 Å². The predicted molar refractivity (Wildman–Crippen MR) is 78.0 cm³/mol. The number of aliphatic hydroxyl groups is 1. The van der Waals surface area contributed by atoms with Crippen LogP contribution in [0.15, 0.2) is 10.7 Å². The van der Waals surface area contributed by atoms with E-state index >= 15 is 0 Å². The minimum atomic E-state index is -0.632. The number of nitrogens with zero attached hydrogens (tertiary/aromatic N) is 2. The van der Waals surface area contributed by atoms with Gasteiger partial charge >= 0.3 is 0 Å². The maximum absolute atomic E-state index is 10.9. The van der Waals surface area contributed by atoms with Gasteiger partial charge in [-0.15, -0.1) is 0 Å². The van der Waals surface area contributed by atoms with Crippen LogP contribution < -0.4 is 0 Å². The molecule has 1 aromatic heterocycles. The van der Waals surface area contributed by atoms with E-state index in [1.165, 1.54) is 12.8 Å². The van der Waals surface area contributed by atoms with E-state index in [9.17, 15) is 5.11 Å². The molecule has 1 N–H and O–H groups in total. The summed E-state index contributed by atoms with van der Waals surface area (Å²) in [6, 6.07) is 0. The molecule has 1 aromatic rings. The highest BCUT2D eigenvalue weighted by Gasteiger charge is 2.41. The van der Waals surface area contributed by atoms with Gasteiger partial charge < -0.3 is 9.84 Å². The number of ether oxygens (including phenoxy) is 1.